The van der Waals surface area contributed by atoms with Crippen molar-refractivity contribution in [3.05, 3.63) is 41.0 Å². The summed E-state index contributed by atoms with van der Waals surface area (Å²) in [7, 11) is 0. The molecule has 1 aromatic carbocycles. The molecule has 3 rings (SSSR count). The lowest BCUT2D eigenvalue weighted by Gasteiger charge is -2.15. The second-order valence-corrected chi connectivity index (χ2v) is 5.27. The molecule has 98 valence electrons. The Hall–Kier alpha value is -1.65. The third-order valence-corrected chi connectivity index (χ3v) is 3.62. The first kappa shape index (κ1) is 12.4. The SMILES string of the molecule is N[C@H]1CCN(C(=O)c2ccc3ccc(Cl)cc3n2)C1. The number of pyridine rings is 1. The van der Waals surface area contributed by atoms with Crippen LogP contribution in [0.1, 0.15) is 16.9 Å². The predicted octanol–water partition coefficient (Wildman–Crippen LogP) is 2.06. The molecule has 1 atom stereocenters. The largest absolute Gasteiger partial charge is 0.336 e. The van der Waals surface area contributed by atoms with E-state index in [1.165, 1.54) is 0 Å². The maximum atomic E-state index is 12.3. The van der Waals surface area contributed by atoms with Crippen molar-refractivity contribution in [1.82, 2.24) is 9.88 Å². The third kappa shape index (κ3) is 2.41. The maximum Gasteiger partial charge on any atom is 0.272 e. The Labute approximate surface area is 116 Å². The Bertz CT molecular complexity index is 644. The standard InChI is InChI=1S/C14H14ClN3O/c15-10-3-1-9-2-4-12(17-13(9)7-10)14(19)18-6-5-11(16)8-18/h1-4,7,11H,5-6,8,16H2/t11-/m0/s1. The van der Waals surface area contributed by atoms with Crippen molar-refractivity contribution in [2.24, 2.45) is 5.73 Å². The van der Waals surface area contributed by atoms with Gasteiger partial charge < -0.3 is 10.6 Å². The van der Waals surface area contributed by atoms with Crippen LogP contribution in [0.2, 0.25) is 5.02 Å². The van der Waals surface area contributed by atoms with Crippen molar-refractivity contribution in [1.29, 1.82) is 0 Å². The van der Waals surface area contributed by atoms with Gasteiger partial charge in [-0.1, -0.05) is 23.7 Å². The number of aromatic nitrogens is 1. The monoisotopic (exact) mass is 275 g/mol. The second-order valence-electron chi connectivity index (χ2n) is 4.83. The van der Waals surface area contributed by atoms with Crippen LogP contribution >= 0.6 is 11.6 Å². The molecular formula is C14H14ClN3O. The summed E-state index contributed by atoms with van der Waals surface area (Å²) in [6.45, 7) is 1.31. The van der Waals surface area contributed by atoms with Gasteiger partial charge in [-0.2, -0.15) is 0 Å². The van der Waals surface area contributed by atoms with Gasteiger partial charge in [-0.05, 0) is 24.6 Å². The van der Waals surface area contributed by atoms with Gasteiger partial charge >= 0.3 is 0 Å². The number of benzene rings is 1. The highest BCUT2D eigenvalue weighted by molar-refractivity contribution is 6.31. The fourth-order valence-electron chi connectivity index (χ4n) is 2.34. The number of carbonyl (C=O) groups is 1. The molecule has 0 unspecified atom stereocenters. The minimum Gasteiger partial charge on any atom is -0.336 e. The minimum atomic E-state index is -0.0603. The first-order valence-electron chi connectivity index (χ1n) is 6.24. The zero-order valence-electron chi connectivity index (χ0n) is 10.3. The number of rotatable bonds is 1. The molecule has 0 bridgehead atoms. The summed E-state index contributed by atoms with van der Waals surface area (Å²) in [4.78, 5) is 18.4. The molecule has 1 saturated heterocycles. The summed E-state index contributed by atoms with van der Waals surface area (Å²) in [5.74, 6) is -0.0603. The number of likely N-dealkylation sites (tertiary alicyclic amines) is 1. The van der Waals surface area contributed by atoms with Gasteiger partial charge in [0, 0.05) is 29.5 Å². The van der Waals surface area contributed by atoms with E-state index in [1.54, 1.807) is 17.0 Å². The van der Waals surface area contributed by atoms with Crippen LogP contribution in [-0.2, 0) is 0 Å². The highest BCUT2D eigenvalue weighted by Gasteiger charge is 2.25. The normalized spacial score (nSPS) is 19.1. The number of fused-ring (bicyclic) bond motifs is 1. The lowest BCUT2D eigenvalue weighted by atomic mass is 10.2. The van der Waals surface area contributed by atoms with Crippen molar-refractivity contribution < 1.29 is 4.79 Å². The first-order chi connectivity index (χ1) is 9.13. The second kappa shape index (κ2) is 4.79. The van der Waals surface area contributed by atoms with Gasteiger partial charge in [0.2, 0.25) is 0 Å². The summed E-state index contributed by atoms with van der Waals surface area (Å²) in [5.41, 5.74) is 7.01. The molecule has 2 heterocycles. The summed E-state index contributed by atoms with van der Waals surface area (Å²) >= 11 is 5.94. The van der Waals surface area contributed by atoms with Crippen molar-refractivity contribution in [3.8, 4) is 0 Å². The van der Waals surface area contributed by atoms with E-state index in [0.717, 1.165) is 17.3 Å². The lowest BCUT2D eigenvalue weighted by molar-refractivity contribution is 0.0785. The number of carbonyl (C=O) groups excluding carboxylic acids is 1. The average Bonchev–Trinajstić information content (AvgIpc) is 2.83. The molecule has 1 aliphatic heterocycles. The Kier molecular flexibility index (Phi) is 3.12. The van der Waals surface area contributed by atoms with Crippen LogP contribution in [0.3, 0.4) is 0 Å². The van der Waals surface area contributed by atoms with E-state index in [1.807, 2.05) is 18.2 Å². The van der Waals surface area contributed by atoms with E-state index in [9.17, 15) is 4.79 Å². The predicted molar refractivity (Wildman–Crippen MR) is 75.2 cm³/mol. The number of hydrogen-bond acceptors (Lipinski definition) is 3. The van der Waals surface area contributed by atoms with Gasteiger partial charge in [0.05, 0.1) is 5.52 Å². The van der Waals surface area contributed by atoms with E-state index in [2.05, 4.69) is 4.98 Å². The van der Waals surface area contributed by atoms with Gasteiger partial charge in [-0.15, -0.1) is 0 Å². The van der Waals surface area contributed by atoms with Crippen LogP contribution < -0.4 is 5.73 Å². The van der Waals surface area contributed by atoms with Crippen LogP contribution in [0.4, 0.5) is 0 Å². The number of halogens is 1. The van der Waals surface area contributed by atoms with Crippen LogP contribution in [0.5, 0.6) is 0 Å². The van der Waals surface area contributed by atoms with Gasteiger partial charge in [0.25, 0.3) is 5.91 Å². The van der Waals surface area contributed by atoms with Crippen molar-refractivity contribution in [3.63, 3.8) is 0 Å². The van der Waals surface area contributed by atoms with E-state index in [0.29, 0.717) is 23.8 Å². The fraction of sp³-hybridized carbons (Fsp3) is 0.286. The van der Waals surface area contributed by atoms with Crippen molar-refractivity contribution >= 4 is 28.4 Å². The molecule has 0 spiro atoms. The van der Waals surface area contributed by atoms with Gasteiger partial charge in [0.15, 0.2) is 0 Å². The quantitative estimate of drug-likeness (QED) is 0.867. The number of nitrogens with zero attached hydrogens (tertiary/aromatic N) is 2. The van der Waals surface area contributed by atoms with Gasteiger partial charge in [-0.25, -0.2) is 4.98 Å². The van der Waals surface area contributed by atoms with Crippen LogP contribution in [0.15, 0.2) is 30.3 Å². The molecule has 5 heteroatoms. The average molecular weight is 276 g/mol. The Balaban J connectivity index is 1.94. The fourth-order valence-corrected chi connectivity index (χ4v) is 2.51. The molecule has 19 heavy (non-hydrogen) atoms. The Morgan fingerprint density at radius 1 is 1.37 bits per heavy atom. The molecular weight excluding hydrogens is 262 g/mol. The maximum absolute atomic E-state index is 12.3. The lowest BCUT2D eigenvalue weighted by Crippen LogP contribution is -2.32. The van der Waals surface area contributed by atoms with Gasteiger partial charge in [0.1, 0.15) is 5.69 Å². The van der Waals surface area contributed by atoms with Crippen molar-refractivity contribution in [2.45, 2.75) is 12.5 Å². The van der Waals surface area contributed by atoms with Crippen LogP contribution in [-0.4, -0.2) is 34.9 Å². The molecule has 1 aliphatic rings. The molecule has 1 amide bonds. The zero-order chi connectivity index (χ0) is 13.4. The highest BCUT2D eigenvalue weighted by atomic mass is 35.5. The number of amides is 1. The van der Waals surface area contributed by atoms with E-state index in [-0.39, 0.29) is 11.9 Å². The summed E-state index contributed by atoms with van der Waals surface area (Å²) in [6, 6.07) is 9.20. The zero-order valence-corrected chi connectivity index (χ0v) is 11.1. The van der Waals surface area contributed by atoms with Crippen molar-refractivity contribution in [2.75, 3.05) is 13.1 Å². The molecule has 2 aromatic rings. The smallest absolute Gasteiger partial charge is 0.272 e. The molecule has 0 saturated carbocycles. The van der Waals surface area contributed by atoms with E-state index >= 15 is 0 Å². The molecule has 4 nitrogen and oxygen atoms in total. The molecule has 0 radical (unpaired) electrons. The number of nitrogens with two attached hydrogens (primary N) is 1. The highest BCUT2D eigenvalue weighted by Crippen LogP contribution is 2.19. The van der Waals surface area contributed by atoms with Crippen LogP contribution in [0.25, 0.3) is 10.9 Å². The third-order valence-electron chi connectivity index (χ3n) is 3.39. The molecule has 1 aromatic heterocycles. The Morgan fingerprint density at radius 2 is 2.16 bits per heavy atom. The summed E-state index contributed by atoms with van der Waals surface area (Å²) in [6.07, 6.45) is 0.852. The van der Waals surface area contributed by atoms with Crippen LogP contribution in [0, 0.1) is 0 Å². The topological polar surface area (TPSA) is 59.2 Å². The van der Waals surface area contributed by atoms with E-state index < -0.39 is 0 Å². The van der Waals surface area contributed by atoms with E-state index in [4.69, 9.17) is 17.3 Å². The molecule has 0 aliphatic carbocycles. The van der Waals surface area contributed by atoms with Gasteiger partial charge in [-0.3, -0.25) is 4.79 Å². The summed E-state index contributed by atoms with van der Waals surface area (Å²) < 4.78 is 0. The summed E-state index contributed by atoms with van der Waals surface area (Å²) in [5, 5.41) is 1.59. The minimum absolute atomic E-state index is 0.0603. The molecule has 2 N–H and O–H groups in total. The first-order valence-corrected chi connectivity index (χ1v) is 6.62. The number of hydrogen-bond donors (Lipinski definition) is 1. The molecule has 1 fully saturated rings. The Morgan fingerprint density at radius 3 is 2.89 bits per heavy atom.